The van der Waals surface area contributed by atoms with Gasteiger partial charge >= 0.3 is 0 Å². The molecule has 4 heteroatoms. The summed E-state index contributed by atoms with van der Waals surface area (Å²) in [6.45, 7) is 6.83. The van der Waals surface area contributed by atoms with E-state index < -0.39 is 0 Å². The molecule has 0 fully saturated rings. The van der Waals surface area contributed by atoms with Gasteiger partial charge in [0.05, 0.1) is 24.1 Å². The Kier molecular flexibility index (Phi) is 2.73. The van der Waals surface area contributed by atoms with Crippen molar-refractivity contribution in [2.45, 2.75) is 26.8 Å². The number of imidazole rings is 1. The van der Waals surface area contributed by atoms with Gasteiger partial charge < -0.3 is 15.0 Å². The van der Waals surface area contributed by atoms with Crippen LogP contribution in [0.25, 0.3) is 11.0 Å². The minimum absolute atomic E-state index is 0.362. The zero-order valence-electron chi connectivity index (χ0n) is 9.90. The van der Waals surface area contributed by atoms with Gasteiger partial charge in [0.15, 0.2) is 0 Å². The molecule has 86 valence electrons. The van der Waals surface area contributed by atoms with Gasteiger partial charge in [0.1, 0.15) is 11.3 Å². The highest BCUT2D eigenvalue weighted by Gasteiger charge is 2.10. The van der Waals surface area contributed by atoms with E-state index in [1.807, 2.05) is 25.4 Å². The van der Waals surface area contributed by atoms with Gasteiger partial charge in [-0.05, 0) is 20.8 Å². The lowest BCUT2D eigenvalue weighted by Crippen LogP contribution is -1.99. The molecule has 4 nitrogen and oxygen atoms in total. The number of nitrogens with zero attached hydrogens (tertiary/aromatic N) is 2. The second kappa shape index (κ2) is 4.04. The van der Waals surface area contributed by atoms with Crippen molar-refractivity contribution in [2.75, 3.05) is 12.3 Å². The minimum Gasteiger partial charge on any atom is -0.494 e. The molecule has 1 aromatic heterocycles. The fourth-order valence-electron chi connectivity index (χ4n) is 1.80. The van der Waals surface area contributed by atoms with Crippen LogP contribution in [-0.2, 0) is 0 Å². The van der Waals surface area contributed by atoms with Crippen molar-refractivity contribution >= 4 is 16.7 Å². The Labute approximate surface area is 95.0 Å². The Hall–Kier alpha value is -1.71. The fraction of sp³-hybridized carbons (Fsp3) is 0.417. The quantitative estimate of drug-likeness (QED) is 0.807. The number of nitrogens with two attached hydrogens (primary N) is 1. The average Bonchev–Trinajstić information content (AvgIpc) is 2.62. The summed E-state index contributed by atoms with van der Waals surface area (Å²) in [5.41, 5.74) is 8.48. The molecule has 0 atom stereocenters. The number of anilines is 1. The van der Waals surface area contributed by atoms with Gasteiger partial charge in [-0.1, -0.05) is 0 Å². The van der Waals surface area contributed by atoms with E-state index in [9.17, 15) is 0 Å². The summed E-state index contributed by atoms with van der Waals surface area (Å²) < 4.78 is 7.57. The van der Waals surface area contributed by atoms with Gasteiger partial charge in [-0.25, -0.2) is 4.98 Å². The Morgan fingerprint density at radius 2 is 2.19 bits per heavy atom. The van der Waals surface area contributed by atoms with Crippen LogP contribution < -0.4 is 10.5 Å². The normalized spacial score (nSPS) is 11.2. The molecule has 2 rings (SSSR count). The van der Waals surface area contributed by atoms with Crippen LogP contribution in [0.2, 0.25) is 0 Å². The fourth-order valence-corrected chi connectivity index (χ4v) is 1.80. The zero-order valence-corrected chi connectivity index (χ0v) is 9.90. The van der Waals surface area contributed by atoms with E-state index >= 15 is 0 Å². The lowest BCUT2D eigenvalue weighted by molar-refractivity contribution is 0.340. The van der Waals surface area contributed by atoms with Gasteiger partial charge in [0, 0.05) is 18.2 Å². The predicted octanol–water partition coefficient (Wildman–Crippen LogP) is 2.60. The molecule has 0 radical (unpaired) electrons. The average molecular weight is 219 g/mol. The molecule has 0 unspecified atom stereocenters. The van der Waals surface area contributed by atoms with Crippen LogP contribution in [0.5, 0.6) is 5.75 Å². The molecule has 0 aliphatic heterocycles. The minimum atomic E-state index is 0.362. The van der Waals surface area contributed by atoms with E-state index in [2.05, 4.69) is 23.4 Å². The number of aromatic nitrogens is 2. The molecular formula is C12H17N3O. The summed E-state index contributed by atoms with van der Waals surface area (Å²) in [6.07, 6.45) is 1.82. The molecule has 2 aromatic rings. The summed E-state index contributed by atoms with van der Waals surface area (Å²) >= 11 is 0. The molecule has 1 heterocycles. The number of ether oxygens (including phenoxy) is 1. The van der Waals surface area contributed by atoms with E-state index in [0.29, 0.717) is 18.3 Å². The number of benzene rings is 1. The third-order valence-electron chi connectivity index (χ3n) is 2.55. The maximum absolute atomic E-state index is 5.94. The molecule has 2 N–H and O–H groups in total. The van der Waals surface area contributed by atoms with Crippen molar-refractivity contribution in [1.29, 1.82) is 0 Å². The maximum Gasteiger partial charge on any atom is 0.123 e. The summed E-state index contributed by atoms with van der Waals surface area (Å²) in [4.78, 5) is 4.32. The number of rotatable bonds is 3. The molecule has 0 aliphatic rings. The molecule has 0 bridgehead atoms. The van der Waals surface area contributed by atoms with Crippen molar-refractivity contribution in [3.8, 4) is 5.75 Å². The molecule has 0 aliphatic carbocycles. The van der Waals surface area contributed by atoms with Crippen LogP contribution in [-0.4, -0.2) is 16.2 Å². The van der Waals surface area contributed by atoms with Crippen molar-refractivity contribution in [2.24, 2.45) is 0 Å². The van der Waals surface area contributed by atoms with Crippen LogP contribution in [0.1, 0.15) is 26.8 Å². The Balaban J connectivity index is 2.61. The molecule has 0 saturated heterocycles. The van der Waals surface area contributed by atoms with Crippen molar-refractivity contribution in [1.82, 2.24) is 9.55 Å². The standard InChI is InChI=1S/C12H17N3O/c1-4-16-9-5-10(13)12-11(6-9)15(7-14-12)8(2)3/h5-8H,4,13H2,1-3H3. The lowest BCUT2D eigenvalue weighted by Gasteiger charge is -2.10. The Morgan fingerprint density at radius 3 is 2.81 bits per heavy atom. The SMILES string of the molecule is CCOc1cc(N)c2ncn(C(C)C)c2c1. The van der Waals surface area contributed by atoms with Crippen LogP contribution >= 0.6 is 0 Å². The smallest absolute Gasteiger partial charge is 0.123 e. The van der Waals surface area contributed by atoms with Crippen LogP contribution in [0.15, 0.2) is 18.5 Å². The van der Waals surface area contributed by atoms with E-state index in [0.717, 1.165) is 16.8 Å². The van der Waals surface area contributed by atoms with Crippen molar-refractivity contribution in [3.63, 3.8) is 0 Å². The van der Waals surface area contributed by atoms with E-state index in [1.54, 1.807) is 0 Å². The first-order valence-electron chi connectivity index (χ1n) is 5.52. The second-order valence-electron chi connectivity index (χ2n) is 4.06. The Morgan fingerprint density at radius 1 is 1.44 bits per heavy atom. The van der Waals surface area contributed by atoms with E-state index in [-0.39, 0.29) is 0 Å². The predicted molar refractivity (Wildman–Crippen MR) is 65.7 cm³/mol. The molecule has 0 saturated carbocycles. The third kappa shape index (κ3) is 1.71. The summed E-state index contributed by atoms with van der Waals surface area (Å²) in [7, 11) is 0. The molecule has 16 heavy (non-hydrogen) atoms. The highest BCUT2D eigenvalue weighted by atomic mass is 16.5. The molecular weight excluding hydrogens is 202 g/mol. The van der Waals surface area contributed by atoms with Crippen LogP contribution in [0.4, 0.5) is 5.69 Å². The molecule has 0 spiro atoms. The van der Waals surface area contributed by atoms with E-state index in [1.165, 1.54) is 0 Å². The first-order valence-corrected chi connectivity index (χ1v) is 5.52. The number of fused-ring (bicyclic) bond motifs is 1. The topological polar surface area (TPSA) is 53.1 Å². The second-order valence-corrected chi connectivity index (χ2v) is 4.06. The van der Waals surface area contributed by atoms with Crippen molar-refractivity contribution in [3.05, 3.63) is 18.5 Å². The van der Waals surface area contributed by atoms with Gasteiger partial charge in [-0.2, -0.15) is 0 Å². The largest absolute Gasteiger partial charge is 0.494 e. The third-order valence-corrected chi connectivity index (χ3v) is 2.55. The van der Waals surface area contributed by atoms with Crippen LogP contribution in [0, 0.1) is 0 Å². The lowest BCUT2D eigenvalue weighted by atomic mass is 10.2. The van der Waals surface area contributed by atoms with Crippen molar-refractivity contribution < 1.29 is 4.74 Å². The summed E-state index contributed by atoms with van der Waals surface area (Å²) in [5, 5.41) is 0. The zero-order chi connectivity index (χ0) is 11.7. The molecule has 1 aromatic carbocycles. The van der Waals surface area contributed by atoms with E-state index in [4.69, 9.17) is 10.5 Å². The van der Waals surface area contributed by atoms with Gasteiger partial charge in [-0.15, -0.1) is 0 Å². The van der Waals surface area contributed by atoms with Crippen LogP contribution in [0.3, 0.4) is 0 Å². The first-order chi connectivity index (χ1) is 7.63. The first kappa shape index (κ1) is 10.8. The Bertz CT molecular complexity index is 502. The molecule has 0 amide bonds. The summed E-state index contributed by atoms with van der Waals surface area (Å²) in [6, 6.07) is 4.17. The number of nitrogen functional groups attached to an aromatic ring is 1. The summed E-state index contributed by atoms with van der Waals surface area (Å²) in [5.74, 6) is 0.801. The van der Waals surface area contributed by atoms with Gasteiger partial charge in [0.2, 0.25) is 0 Å². The van der Waals surface area contributed by atoms with Gasteiger partial charge in [-0.3, -0.25) is 0 Å². The monoisotopic (exact) mass is 219 g/mol. The maximum atomic E-state index is 5.94. The number of hydrogen-bond acceptors (Lipinski definition) is 3. The highest BCUT2D eigenvalue weighted by molar-refractivity contribution is 5.88. The highest BCUT2D eigenvalue weighted by Crippen LogP contribution is 2.28. The number of hydrogen-bond donors (Lipinski definition) is 1. The van der Waals surface area contributed by atoms with Gasteiger partial charge in [0.25, 0.3) is 0 Å².